The second kappa shape index (κ2) is 7.75. The smallest absolute Gasteiger partial charge is 0.321 e. The van der Waals surface area contributed by atoms with Gasteiger partial charge in [0.15, 0.2) is 6.73 Å². The number of ether oxygens (including phenoxy) is 1. The fourth-order valence-corrected chi connectivity index (χ4v) is 2.40. The summed E-state index contributed by atoms with van der Waals surface area (Å²) in [5.41, 5.74) is 3.00. The molecule has 0 bridgehead atoms. The molecule has 0 spiro atoms. The number of carbonyl (C=O) groups excluding carboxylic acids is 1. The van der Waals surface area contributed by atoms with Crippen LogP contribution in [-0.4, -0.2) is 19.0 Å². The van der Waals surface area contributed by atoms with Crippen molar-refractivity contribution in [3.8, 4) is 5.75 Å². The summed E-state index contributed by atoms with van der Waals surface area (Å²) < 4.78 is 5.59. The van der Waals surface area contributed by atoms with E-state index in [1.807, 2.05) is 62.6 Å². The molecule has 0 fully saturated rings. The van der Waals surface area contributed by atoms with Gasteiger partial charge < -0.3 is 15.4 Å². The number of rotatable bonds is 5. The zero-order chi connectivity index (χ0) is 15.9. The van der Waals surface area contributed by atoms with Crippen molar-refractivity contribution in [3.05, 3.63) is 53.6 Å². The van der Waals surface area contributed by atoms with E-state index < -0.39 is 0 Å². The summed E-state index contributed by atoms with van der Waals surface area (Å²) in [4.78, 5) is 12.9. The lowest BCUT2D eigenvalue weighted by Gasteiger charge is -2.12. The van der Waals surface area contributed by atoms with Gasteiger partial charge in [-0.05, 0) is 55.5 Å². The van der Waals surface area contributed by atoms with Crippen LogP contribution in [0.15, 0.2) is 47.4 Å². The molecule has 0 aromatic heterocycles. The number of carbonyl (C=O) groups is 1. The average molecular weight is 316 g/mol. The van der Waals surface area contributed by atoms with E-state index in [1.54, 1.807) is 11.8 Å². The van der Waals surface area contributed by atoms with Crippen LogP contribution in [0.5, 0.6) is 5.75 Å². The van der Waals surface area contributed by atoms with Gasteiger partial charge in [-0.1, -0.05) is 18.2 Å². The van der Waals surface area contributed by atoms with Crippen LogP contribution in [0.2, 0.25) is 0 Å². The summed E-state index contributed by atoms with van der Waals surface area (Å²) in [5, 5.41) is 5.47. The van der Waals surface area contributed by atoms with Crippen molar-refractivity contribution in [2.75, 3.05) is 18.3 Å². The largest absolute Gasteiger partial charge is 0.473 e. The lowest BCUT2D eigenvalue weighted by Crippen LogP contribution is -2.32. The number of hydrogen-bond donors (Lipinski definition) is 2. The Labute approximate surface area is 135 Å². The molecule has 2 aromatic carbocycles. The molecule has 0 aliphatic heterocycles. The zero-order valence-electron chi connectivity index (χ0n) is 13.0. The molecule has 2 rings (SSSR count). The molecule has 0 saturated heterocycles. The van der Waals surface area contributed by atoms with Gasteiger partial charge in [-0.2, -0.15) is 0 Å². The predicted octanol–water partition coefficient (Wildman–Crippen LogP) is 4.18. The standard InChI is InChI=1S/C17H20N2O2S/c1-12-6-4-9-16(13(12)2)21-11-18-17(20)19-14-7-5-8-15(10-14)22-3/h4-10H,11H2,1-3H3,(H2,18,19,20). The Hall–Kier alpha value is -2.14. The van der Waals surface area contributed by atoms with Gasteiger partial charge >= 0.3 is 6.03 Å². The maximum Gasteiger partial charge on any atom is 0.321 e. The summed E-state index contributed by atoms with van der Waals surface area (Å²) in [6, 6.07) is 13.3. The first-order chi connectivity index (χ1) is 10.6. The number of anilines is 1. The summed E-state index contributed by atoms with van der Waals surface area (Å²) in [7, 11) is 0. The van der Waals surface area contributed by atoms with Crippen LogP contribution in [0.3, 0.4) is 0 Å². The Bertz CT molecular complexity index is 659. The number of thioether (sulfide) groups is 1. The molecule has 0 heterocycles. The van der Waals surface area contributed by atoms with Gasteiger partial charge in [-0.25, -0.2) is 4.79 Å². The van der Waals surface area contributed by atoms with Crippen molar-refractivity contribution in [3.63, 3.8) is 0 Å². The fourth-order valence-electron chi connectivity index (χ4n) is 1.94. The van der Waals surface area contributed by atoms with Gasteiger partial charge in [0.05, 0.1) is 0 Å². The fraction of sp³-hybridized carbons (Fsp3) is 0.235. The summed E-state index contributed by atoms with van der Waals surface area (Å²) in [5.74, 6) is 0.782. The second-order valence-corrected chi connectivity index (χ2v) is 5.73. The summed E-state index contributed by atoms with van der Waals surface area (Å²) in [6.07, 6.45) is 2.00. The van der Waals surface area contributed by atoms with E-state index in [0.717, 1.165) is 27.5 Å². The van der Waals surface area contributed by atoms with Gasteiger partial charge in [0, 0.05) is 10.6 Å². The number of nitrogens with one attached hydrogen (secondary N) is 2. The third-order valence-electron chi connectivity index (χ3n) is 3.34. The molecule has 4 nitrogen and oxygen atoms in total. The van der Waals surface area contributed by atoms with Crippen LogP contribution >= 0.6 is 11.8 Å². The Morgan fingerprint density at radius 2 is 1.95 bits per heavy atom. The van der Waals surface area contributed by atoms with Crippen LogP contribution in [0.1, 0.15) is 11.1 Å². The molecular formula is C17H20N2O2S. The normalized spacial score (nSPS) is 10.1. The van der Waals surface area contributed by atoms with Gasteiger partial charge in [-0.15, -0.1) is 11.8 Å². The van der Waals surface area contributed by atoms with E-state index in [4.69, 9.17) is 4.74 Å². The van der Waals surface area contributed by atoms with Crippen molar-refractivity contribution in [2.45, 2.75) is 18.7 Å². The van der Waals surface area contributed by atoms with Crippen molar-refractivity contribution in [1.82, 2.24) is 5.32 Å². The van der Waals surface area contributed by atoms with Gasteiger partial charge in [0.2, 0.25) is 0 Å². The Kier molecular flexibility index (Phi) is 5.72. The number of benzene rings is 2. The SMILES string of the molecule is CSc1cccc(NC(=O)NCOc2cccc(C)c2C)c1. The van der Waals surface area contributed by atoms with E-state index in [2.05, 4.69) is 10.6 Å². The highest BCUT2D eigenvalue weighted by atomic mass is 32.2. The average Bonchev–Trinajstić information content (AvgIpc) is 2.51. The molecule has 0 aliphatic rings. The first-order valence-electron chi connectivity index (χ1n) is 6.98. The highest BCUT2D eigenvalue weighted by Crippen LogP contribution is 2.20. The zero-order valence-corrected chi connectivity index (χ0v) is 13.8. The minimum absolute atomic E-state index is 0.123. The molecule has 0 atom stereocenters. The first-order valence-corrected chi connectivity index (χ1v) is 8.20. The second-order valence-electron chi connectivity index (χ2n) is 4.85. The molecule has 2 aromatic rings. The van der Waals surface area contributed by atoms with E-state index in [-0.39, 0.29) is 12.8 Å². The highest BCUT2D eigenvalue weighted by molar-refractivity contribution is 7.98. The monoisotopic (exact) mass is 316 g/mol. The maximum atomic E-state index is 11.8. The molecule has 0 radical (unpaired) electrons. The molecule has 116 valence electrons. The minimum atomic E-state index is -0.288. The third kappa shape index (κ3) is 4.43. The lowest BCUT2D eigenvalue weighted by atomic mass is 10.1. The number of hydrogen-bond acceptors (Lipinski definition) is 3. The minimum Gasteiger partial charge on any atom is -0.473 e. The van der Waals surface area contributed by atoms with Crippen LogP contribution in [-0.2, 0) is 0 Å². The number of urea groups is 1. The number of amides is 2. The quantitative estimate of drug-likeness (QED) is 0.642. The molecule has 22 heavy (non-hydrogen) atoms. The Balaban J connectivity index is 1.84. The van der Waals surface area contributed by atoms with Crippen LogP contribution < -0.4 is 15.4 Å². The van der Waals surface area contributed by atoms with Crippen LogP contribution in [0, 0.1) is 13.8 Å². The van der Waals surface area contributed by atoms with Crippen molar-refractivity contribution in [2.24, 2.45) is 0 Å². The summed E-state index contributed by atoms with van der Waals surface area (Å²) in [6.45, 7) is 4.15. The van der Waals surface area contributed by atoms with E-state index in [0.29, 0.717) is 0 Å². The van der Waals surface area contributed by atoms with Crippen molar-refractivity contribution >= 4 is 23.5 Å². The Morgan fingerprint density at radius 1 is 1.18 bits per heavy atom. The lowest BCUT2D eigenvalue weighted by molar-refractivity contribution is 0.234. The predicted molar refractivity (Wildman–Crippen MR) is 91.8 cm³/mol. The number of aryl methyl sites for hydroxylation is 1. The molecule has 2 amide bonds. The molecule has 0 saturated carbocycles. The first kappa shape index (κ1) is 16.2. The molecule has 5 heteroatoms. The molecule has 0 unspecified atom stereocenters. The van der Waals surface area contributed by atoms with Gasteiger partial charge in [-0.3, -0.25) is 0 Å². The van der Waals surface area contributed by atoms with Gasteiger partial charge in [0.25, 0.3) is 0 Å². The Morgan fingerprint density at radius 3 is 2.73 bits per heavy atom. The van der Waals surface area contributed by atoms with Crippen molar-refractivity contribution < 1.29 is 9.53 Å². The van der Waals surface area contributed by atoms with Crippen LogP contribution in [0.25, 0.3) is 0 Å². The molecular weight excluding hydrogens is 296 g/mol. The topological polar surface area (TPSA) is 50.4 Å². The van der Waals surface area contributed by atoms with Crippen molar-refractivity contribution in [1.29, 1.82) is 0 Å². The maximum absolute atomic E-state index is 11.8. The third-order valence-corrected chi connectivity index (χ3v) is 4.07. The molecule has 2 N–H and O–H groups in total. The van der Waals surface area contributed by atoms with E-state index >= 15 is 0 Å². The van der Waals surface area contributed by atoms with Gasteiger partial charge in [0.1, 0.15) is 5.75 Å². The highest BCUT2D eigenvalue weighted by Gasteiger charge is 2.04. The van der Waals surface area contributed by atoms with Crippen LogP contribution in [0.4, 0.5) is 10.5 Å². The van der Waals surface area contributed by atoms with E-state index in [1.165, 1.54) is 0 Å². The summed E-state index contributed by atoms with van der Waals surface area (Å²) >= 11 is 1.63. The van der Waals surface area contributed by atoms with E-state index in [9.17, 15) is 4.79 Å². The molecule has 0 aliphatic carbocycles.